The number of sulfonamides is 2. The summed E-state index contributed by atoms with van der Waals surface area (Å²) in [6.07, 6.45) is 1.34. The number of anilines is 2. The van der Waals surface area contributed by atoms with Gasteiger partial charge in [0.25, 0.3) is 5.91 Å². The highest BCUT2D eigenvalue weighted by Crippen LogP contribution is 2.28. The highest BCUT2D eigenvalue weighted by atomic mass is 35.5. The van der Waals surface area contributed by atoms with E-state index < -0.39 is 26.0 Å². The third kappa shape index (κ3) is 4.46. The zero-order valence-electron chi connectivity index (χ0n) is 14.6. The molecule has 0 saturated carbocycles. The minimum absolute atomic E-state index is 0.0631. The van der Waals surface area contributed by atoms with E-state index in [-0.39, 0.29) is 21.2 Å². The van der Waals surface area contributed by atoms with Crippen molar-refractivity contribution in [2.45, 2.75) is 17.7 Å². The van der Waals surface area contributed by atoms with Crippen LogP contribution in [0.2, 0.25) is 5.02 Å². The number of carbonyl (C=O) groups is 1. The Labute approximate surface area is 168 Å². The Bertz CT molecular complexity index is 1120. The fourth-order valence-electron chi connectivity index (χ4n) is 2.85. The van der Waals surface area contributed by atoms with Gasteiger partial charge in [0.05, 0.1) is 26.9 Å². The molecule has 150 valence electrons. The van der Waals surface area contributed by atoms with Crippen molar-refractivity contribution in [3.05, 3.63) is 53.1 Å². The molecule has 0 bridgehead atoms. The summed E-state index contributed by atoms with van der Waals surface area (Å²) < 4.78 is 48.4. The van der Waals surface area contributed by atoms with Gasteiger partial charge in [0.1, 0.15) is 0 Å². The van der Waals surface area contributed by atoms with Gasteiger partial charge in [-0.05, 0) is 55.3 Å². The van der Waals surface area contributed by atoms with Gasteiger partial charge in [0.2, 0.25) is 20.0 Å². The van der Waals surface area contributed by atoms with E-state index in [9.17, 15) is 21.6 Å². The summed E-state index contributed by atoms with van der Waals surface area (Å²) in [5.74, 6) is -0.488. The van der Waals surface area contributed by atoms with Gasteiger partial charge in [0, 0.05) is 12.2 Å². The Hall–Kier alpha value is -2.14. The van der Waals surface area contributed by atoms with Gasteiger partial charge < -0.3 is 5.32 Å². The van der Waals surface area contributed by atoms with Gasteiger partial charge in [-0.2, -0.15) is 0 Å². The molecule has 8 nitrogen and oxygen atoms in total. The molecule has 1 fully saturated rings. The highest BCUT2D eigenvalue weighted by molar-refractivity contribution is 7.92. The smallest absolute Gasteiger partial charge is 0.257 e. The zero-order valence-corrected chi connectivity index (χ0v) is 17.0. The van der Waals surface area contributed by atoms with E-state index >= 15 is 0 Å². The number of primary sulfonamides is 1. The number of hydrogen-bond acceptors (Lipinski definition) is 5. The van der Waals surface area contributed by atoms with Gasteiger partial charge in [-0.15, -0.1) is 0 Å². The van der Waals surface area contributed by atoms with E-state index in [0.29, 0.717) is 24.3 Å². The molecule has 0 aromatic heterocycles. The molecule has 2 aromatic carbocycles. The van der Waals surface area contributed by atoms with Crippen molar-refractivity contribution in [3.8, 4) is 0 Å². The maximum Gasteiger partial charge on any atom is 0.257 e. The third-order valence-corrected chi connectivity index (χ3v) is 7.40. The summed E-state index contributed by atoms with van der Waals surface area (Å²) in [5, 5.41) is 7.81. The lowest BCUT2D eigenvalue weighted by Gasteiger charge is -2.28. The van der Waals surface area contributed by atoms with Gasteiger partial charge in [0.15, 0.2) is 0 Å². The first-order valence-electron chi connectivity index (χ1n) is 8.32. The second kappa shape index (κ2) is 7.70. The number of amides is 1. The second-order valence-electron chi connectivity index (χ2n) is 6.28. The molecular formula is C17H18ClN3O5S2. The number of carbonyl (C=O) groups excluding carboxylic acids is 1. The van der Waals surface area contributed by atoms with Gasteiger partial charge in [-0.1, -0.05) is 11.6 Å². The second-order valence-corrected chi connectivity index (χ2v) is 10.3. The standard InChI is InChI=1S/C17H18ClN3O5S2/c18-16-8-5-13(21-9-1-2-10-27(21,23)24)11-15(16)17(22)20-12-3-6-14(7-4-12)28(19,25)26/h3-8,11H,1-2,9-10H2,(H,20,22)(H2,19,25,26). The number of nitrogens with one attached hydrogen (secondary N) is 1. The van der Waals surface area contributed by atoms with E-state index in [4.69, 9.17) is 16.7 Å². The van der Waals surface area contributed by atoms with Crippen LogP contribution in [0.15, 0.2) is 47.4 Å². The van der Waals surface area contributed by atoms with Crippen LogP contribution >= 0.6 is 11.6 Å². The van der Waals surface area contributed by atoms with Crippen LogP contribution in [0.3, 0.4) is 0 Å². The van der Waals surface area contributed by atoms with Crippen LogP contribution in [-0.2, 0) is 20.0 Å². The predicted molar refractivity (Wildman–Crippen MR) is 108 cm³/mol. The molecule has 0 radical (unpaired) electrons. The average Bonchev–Trinajstić information content (AvgIpc) is 2.61. The number of nitrogens with two attached hydrogens (primary N) is 1. The monoisotopic (exact) mass is 443 g/mol. The van der Waals surface area contributed by atoms with E-state index in [1.807, 2.05) is 0 Å². The molecule has 3 rings (SSSR count). The number of hydrogen-bond donors (Lipinski definition) is 2. The molecule has 1 aliphatic rings. The molecule has 1 heterocycles. The highest BCUT2D eigenvalue weighted by Gasteiger charge is 2.27. The van der Waals surface area contributed by atoms with Crippen molar-refractivity contribution < 1.29 is 21.6 Å². The molecule has 1 aliphatic heterocycles. The maximum atomic E-state index is 12.6. The van der Waals surface area contributed by atoms with E-state index in [1.165, 1.54) is 40.7 Å². The summed E-state index contributed by atoms with van der Waals surface area (Å²) >= 11 is 6.13. The summed E-state index contributed by atoms with van der Waals surface area (Å²) in [6, 6.07) is 9.78. The zero-order chi connectivity index (χ0) is 20.5. The molecule has 11 heteroatoms. The quantitative estimate of drug-likeness (QED) is 0.748. The Balaban J connectivity index is 1.86. The fourth-order valence-corrected chi connectivity index (χ4v) is 5.20. The Morgan fingerprint density at radius 2 is 1.79 bits per heavy atom. The summed E-state index contributed by atoms with van der Waals surface area (Å²) in [4.78, 5) is 12.5. The Morgan fingerprint density at radius 1 is 1.11 bits per heavy atom. The summed E-state index contributed by atoms with van der Waals surface area (Å²) in [5.41, 5.74) is 0.818. The van der Waals surface area contributed by atoms with Crippen molar-refractivity contribution in [2.75, 3.05) is 21.9 Å². The number of halogens is 1. The lowest BCUT2D eigenvalue weighted by Crippen LogP contribution is -2.38. The molecule has 1 saturated heterocycles. The van der Waals surface area contributed by atoms with Gasteiger partial charge >= 0.3 is 0 Å². The minimum Gasteiger partial charge on any atom is -0.322 e. The largest absolute Gasteiger partial charge is 0.322 e. The van der Waals surface area contributed by atoms with Gasteiger partial charge in [-0.3, -0.25) is 9.10 Å². The van der Waals surface area contributed by atoms with Crippen LogP contribution in [-0.4, -0.2) is 35.0 Å². The van der Waals surface area contributed by atoms with Crippen LogP contribution in [0.5, 0.6) is 0 Å². The third-order valence-electron chi connectivity index (χ3n) is 4.27. The first-order chi connectivity index (χ1) is 13.1. The Kier molecular flexibility index (Phi) is 5.67. The van der Waals surface area contributed by atoms with Crippen molar-refractivity contribution in [1.82, 2.24) is 0 Å². The van der Waals surface area contributed by atoms with Gasteiger partial charge in [-0.25, -0.2) is 22.0 Å². The number of nitrogens with zero attached hydrogens (tertiary/aromatic N) is 1. The first kappa shape index (κ1) is 20.6. The molecule has 0 spiro atoms. The maximum absolute atomic E-state index is 12.6. The molecule has 1 amide bonds. The molecular weight excluding hydrogens is 426 g/mol. The van der Waals surface area contributed by atoms with E-state index in [2.05, 4.69) is 5.32 Å². The lowest BCUT2D eigenvalue weighted by molar-refractivity contribution is 0.102. The lowest BCUT2D eigenvalue weighted by atomic mass is 10.1. The average molecular weight is 444 g/mol. The molecule has 2 aromatic rings. The van der Waals surface area contributed by atoms with Crippen LogP contribution in [0.4, 0.5) is 11.4 Å². The molecule has 0 unspecified atom stereocenters. The first-order valence-corrected chi connectivity index (χ1v) is 11.9. The topological polar surface area (TPSA) is 127 Å². The minimum atomic E-state index is -3.83. The summed E-state index contributed by atoms with van der Waals surface area (Å²) in [7, 11) is -7.25. The summed E-state index contributed by atoms with van der Waals surface area (Å²) in [6.45, 7) is 0.347. The van der Waals surface area contributed by atoms with Crippen molar-refractivity contribution in [1.29, 1.82) is 0 Å². The van der Waals surface area contributed by atoms with E-state index in [1.54, 1.807) is 6.07 Å². The van der Waals surface area contributed by atoms with Crippen LogP contribution in [0.1, 0.15) is 23.2 Å². The fraction of sp³-hybridized carbons (Fsp3) is 0.235. The molecule has 28 heavy (non-hydrogen) atoms. The molecule has 3 N–H and O–H groups in total. The van der Waals surface area contributed by atoms with Crippen molar-refractivity contribution in [3.63, 3.8) is 0 Å². The normalized spacial score (nSPS) is 16.6. The van der Waals surface area contributed by atoms with E-state index in [0.717, 1.165) is 6.42 Å². The van der Waals surface area contributed by atoms with Crippen molar-refractivity contribution >= 4 is 48.9 Å². The van der Waals surface area contributed by atoms with Crippen LogP contribution < -0.4 is 14.8 Å². The molecule has 0 atom stereocenters. The van der Waals surface area contributed by atoms with Crippen LogP contribution in [0.25, 0.3) is 0 Å². The number of benzene rings is 2. The van der Waals surface area contributed by atoms with Crippen LogP contribution in [0, 0.1) is 0 Å². The number of rotatable bonds is 4. The Morgan fingerprint density at radius 3 is 2.39 bits per heavy atom. The van der Waals surface area contributed by atoms with Crippen molar-refractivity contribution in [2.24, 2.45) is 5.14 Å². The molecule has 0 aliphatic carbocycles. The SMILES string of the molecule is NS(=O)(=O)c1ccc(NC(=O)c2cc(N3CCCCS3(=O)=O)ccc2Cl)cc1. The predicted octanol–water partition coefficient (Wildman–Crippen LogP) is 2.17.